The lowest BCUT2D eigenvalue weighted by molar-refractivity contribution is 0.0728. The summed E-state index contributed by atoms with van der Waals surface area (Å²) in [6.45, 7) is 9.10. The highest BCUT2D eigenvalue weighted by molar-refractivity contribution is 5.30. The van der Waals surface area contributed by atoms with Gasteiger partial charge in [0.25, 0.3) is 0 Å². The highest BCUT2D eigenvalue weighted by Crippen LogP contribution is 2.32. The summed E-state index contributed by atoms with van der Waals surface area (Å²) in [5, 5.41) is 0. The fourth-order valence-electron chi connectivity index (χ4n) is 2.98. The summed E-state index contributed by atoms with van der Waals surface area (Å²) in [6.07, 6.45) is 3.99. The molecular formula is C16H26N2. The summed E-state index contributed by atoms with van der Waals surface area (Å²) in [5.74, 6) is 0. The average Bonchev–Trinajstić information content (AvgIpc) is 2.39. The Morgan fingerprint density at radius 1 is 1.11 bits per heavy atom. The van der Waals surface area contributed by atoms with Crippen LogP contribution in [0.25, 0.3) is 0 Å². The van der Waals surface area contributed by atoms with E-state index >= 15 is 0 Å². The molecule has 2 rings (SSSR count). The monoisotopic (exact) mass is 246 g/mol. The Labute approximate surface area is 111 Å². The number of benzene rings is 1. The second-order valence-corrected chi connectivity index (χ2v) is 6.04. The molecule has 0 aromatic heterocycles. The van der Waals surface area contributed by atoms with Crippen LogP contribution in [0.15, 0.2) is 24.3 Å². The van der Waals surface area contributed by atoms with E-state index in [1.165, 1.54) is 43.5 Å². The Bertz CT molecular complexity index is 392. The van der Waals surface area contributed by atoms with Gasteiger partial charge in [-0.2, -0.15) is 0 Å². The van der Waals surface area contributed by atoms with Crippen LogP contribution in [0.5, 0.6) is 0 Å². The average molecular weight is 246 g/mol. The van der Waals surface area contributed by atoms with E-state index in [9.17, 15) is 0 Å². The molecule has 18 heavy (non-hydrogen) atoms. The molecule has 1 saturated heterocycles. The SMILES string of the molecule is Cc1ccccc1C(N)C(C)(C)N1CCCCC1. The Hall–Kier alpha value is -0.860. The summed E-state index contributed by atoms with van der Waals surface area (Å²) >= 11 is 0. The third-order valence-electron chi connectivity index (χ3n) is 4.46. The minimum atomic E-state index is 0.0343. The van der Waals surface area contributed by atoms with E-state index in [2.05, 4.69) is 49.9 Å². The van der Waals surface area contributed by atoms with Gasteiger partial charge >= 0.3 is 0 Å². The fourth-order valence-corrected chi connectivity index (χ4v) is 2.98. The molecule has 1 aromatic rings. The zero-order chi connectivity index (χ0) is 13.2. The highest BCUT2D eigenvalue weighted by Gasteiger charge is 2.35. The highest BCUT2D eigenvalue weighted by atomic mass is 15.2. The smallest absolute Gasteiger partial charge is 0.0479 e. The molecule has 1 aliphatic rings. The quantitative estimate of drug-likeness (QED) is 0.887. The molecule has 1 fully saturated rings. The lowest BCUT2D eigenvalue weighted by Gasteiger charge is -2.45. The number of hydrogen-bond donors (Lipinski definition) is 1. The van der Waals surface area contributed by atoms with Crippen LogP contribution in [0.1, 0.15) is 50.3 Å². The van der Waals surface area contributed by atoms with Crippen LogP contribution < -0.4 is 5.73 Å². The first-order chi connectivity index (χ1) is 8.53. The van der Waals surface area contributed by atoms with Gasteiger partial charge in [0.1, 0.15) is 0 Å². The number of hydrogen-bond acceptors (Lipinski definition) is 2. The molecule has 0 saturated carbocycles. The van der Waals surface area contributed by atoms with Gasteiger partial charge in [0.15, 0.2) is 0 Å². The normalized spacial score (nSPS) is 19.8. The zero-order valence-electron chi connectivity index (χ0n) is 11.9. The maximum atomic E-state index is 6.56. The third-order valence-corrected chi connectivity index (χ3v) is 4.46. The standard InChI is InChI=1S/C16H26N2/c1-13-9-5-6-10-14(13)15(17)16(2,3)18-11-7-4-8-12-18/h5-6,9-10,15H,4,7-8,11-12,17H2,1-3H3. The minimum absolute atomic E-state index is 0.0343. The summed E-state index contributed by atoms with van der Waals surface area (Å²) < 4.78 is 0. The molecule has 0 spiro atoms. The Morgan fingerprint density at radius 3 is 2.33 bits per heavy atom. The summed E-state index contributed by atoms with van der Waals surface area (Å²) in [6, 6.07) is 8.58. The van der Waals surface area contributed by atoms with Crippen molar-refractivity contribution in [2.75, 3.05) is 13.1 Å². The van der Waals surface area contributed by atoms with Gasteiger partial charge in [0.2, 0.25) is 0 Å². The van der Waals surface area contributed by atoms with Crippen molar-refractivity contribution in [2.45, 2.75) is 51.6 Å². The molecular weight excluding hydrogens is 220 g/mol. The first-order valence-corrected chi connectivity index (χ1v) is 7.09. The van der Waals surface area contributed by atoms with Gasteiger partial charge in [-0.3, -0.25) is 4.90 Å². The molecule has 100 valence electrons. The molecule has 1 aliphatic heterocycles. The number of nitrogens with zero attached hydrogens (tertiary/aromatic N) is 1. The van der Waals surface area contributed by atoms with Gasteiger partial charge in [-0.05, 0) is 57.8 Å². The number of nitrogens with two attached hydrogens (primary N) is 1. The molecule has 0 bridgehead atoms. The van der Waals surface area contributed by atoms with E-state index in [1.807, 2.05) is 0 Å². The molecule has 0 amide bonds. The first kappa shape index (κ1) is 13.6. The van der Waals surface area contributed by atoms with E-state index < -0.39 is 0 Å². The maximum Gasteiger partial charge on any atom is 0.0479 e. The fraction of sp³-hybridized carbons (Fsp3) is 0.625. The van der Waals surface area contributed by atoms with Crippen LogP contribution in [0.3, 0.4) is 0 Å². The summed E-state index contributed by atoms with van der Waals surface area (Å²) in [5.41, 5.74) is 9.18. The van der Waals surface area contributed by atoms with Gasteiger partial charge in [-0.1, -0.05) is 30.7 Å². The van der Waals surface area contributed by atoms with Gasteiger partial charge < -0.3 is 5.73 Å². The third kappa shape index (κ3) is 2.60. The number of aryl methyl sites for hydroxylation is 1. The molecule has 1 atom stereocenters. The van der Waals surface area contributed by atoms with Gasteiger partial charge in [-0.25, -0.2) is 0 Å². The van der Waals surface area contributed by atoms with Gasteiger partial charge in [0, 0.05) is 11.6 Å². The Morgan fingerprint density at radius 2 is 1.72 bits per heavy atom. The predicted octanol–water partition coefficient (Wildman–Crippen LogP) is 3.26. The van der Waals surface area contributed by atoms with E-state index in [-0.39, 0.29) is 11.6 Å². The van der Waals surface area contributed by atoms with Crippen LogP contribution in [-0.4, -0.2) is 23.5 Å². The second kappa shape index (κ2) is 5.41. The second-order valence-electron chi connectivity index (χ2n) is 6.04. The molecule has 2 nitrogen and oxygen atoms in total. The number of piperidine rings is 1. The van der Waals surface area contributed by atoms with Gasteiger partial charge in [-0.15, -0.1) is 0 Å². The van der Waals surface area contributed by atoms with E-state index in [1.54, 1.807) is 0 Å². The maximum absolute atomic E-state index is 6.56. The Kier molecular flexibility index (Phi) is 4.08. The first-order valence-electron chi connectivity index (χ1n) is 7.09. The molecule has 2 N–H and O–H groups in total. The molecule has 0 radical (unpaired) electrons. The molecule has 0 aliphatic carbocycles. The predicted molar refractivity (Wildman–Crippen MR) is 77.6 cm³/mol. The van der Waals surface area contributed by atoms with Crippen molar-refractivity contribution >= 4 is 0 Å². The van der Waals surface area contributed by atoms with Crippen molar-refractivity contribution in [3.05, 3.63) is 35.4 Å². The van der Waals surface area contributed by atoms with Crippen LogP contribution >= 0.6 is 0 Å². The van der Waals surface area contributed by atoms with Crippen molar-refractivity contribution in [3.8, 4) is 0 Å². The molecule has 1 heterocycles. The molecule has 1 unspecified atom stereocenters. The van der Waals surface area contributed by atoms with Crippen LogP contribution in [0.2, 0.25) is 0 Å². The lowest BCUT2D eigenvalue weighted by atomic mass is 9.84. The number of likely N-dealkylation sites (tertiary alicyclic amines) is 1. The zero-order valence-corrected chi connectivity index (χ0v) is 11.9. The van der Waals surface area contributed by atoms with Crippen molar-refractivity contribution < 1.29 is 0 Å². The van der Waals surface area contributed by atoms with Crippen molar-refractivity contribution in [1.29, 1.82) is 0 Å². The summed E-state index contributed by atoms with van der Waals surface area (Å²) in [4.78, 5) is 2.56. The van der Waals surface area contributed by atoms with Crippen molar-refractivity contribution in [2.24, 2.45) is 5.73 Å². The summed E-state index contributed by atoms with van der Waals surface area (Å²) in [7, 11) is 0. The minimum Gasteiger partial charge on any atom is -0.322 e. The van der Waals surface area contributed by atoms with Crippen molar-refractivity contribution in [1.82, 2.24) is 4.90 Å². The topological polar surface area (TPSA) is 29.3 Å². The lowest BCUT2D eigenvalue weighted by Crippen LogP contribution is -2.53. The largest absolute Gasteiger partial charge is 0.322 e. The van der Waals surface area contributed by atoms with E-state index in [0.717, 1.165) is 0 Å². The Balaban J connectivity index is 2.20. The number of rotatable bonds is 3. The van der Waals surface area contributed by atoms with Crippen LogP contribution in [0.4, 0.5) is 0 Å². The van der Waals surface area contributed by atoms with Crippen LogP contribution in [0, 0.1) is 6.92 Å². The van der Waals surface area contributed by atoms with Crippen molar-refractivity contribution in [3.63, 3.8) is 0 Å². The van der Waals surface area contributed by atoms with Gasteiger partial charge in [0.05, 0.1) is 0 Å². The molecule has 2 heteroatoms. The van der Waals surface area contributed by atoms with Crippen LogP contribution in [-0.2, 0) is 0 Å². The van der Waals surface area contributed by atoms with E-state index in [0.29, 0.717) is 0 Å². The van der Waals surface area contributed by atoms with E-state index in [4.69, 9.17) is 5.73 Å². The molecule has 1 aromatic carbocycles.